The molecule has 7 N–H and O–H groups in total. The lowest BCUT2D eigenvalue weighted by molar-refractivity contribution is -0.275. The summed E-state index contributed by atoms with van der Waals surface area (Å²) in [5.74, 6) is 0.244. The van der Waals surface area contributed by atoms with Gasteiger partial charge >= 0.3 is 12.7 Å². The fraction of sp³-hybridized carbons (Fsp3) is 0.385. The first-order valence-corrected chi connectivity index (χ1v) is 29.4. The van der Waals surface area contributed by atoms with Crippen LogP contribution in [-0.4, -0.2) is 172 Å². The lowest BCUT2D eigenvalue weighted by Gasteiger charge is -2.17. The van der Waals surface area contributed by atoms with Crippen LogP contribution in [-0.2, 0) is 19.1 Å². The molecule has 3 saturated heterocycles. The Bertz CT molecular complexity index is 3410. The van der Waals surface area contributed by atoms with Gasteiger partial charge in [-0.25, -0.2) is 0 Å². The van der Waals surface area contributed by atoms with Crippen LogP contribution >= 0.6 is 34.0 Å². The van der Waals surface area contributed by atoms with E-state index in [4.69, 9.17) is 24.7 Å². The van der Waals surface area contributed by atoms with E-state index in [2.05, 4.69) is 112 Å². The van der Waals surface area contributed by atoms with Crippen LogP contribution in [0.5, 0.6) is 23.0 Å². The average molecular weight is 1310 g/mol. The van der Waals surface area contributed by atoms with Crippen LogP contribution in [0.2, 0.25) is 0 Å². The Labute approximate surface area is 520 Å². The average Bonchev–Trinajstić information content (AvgIpc) is 4.38. The summed E-state index contributed by atoms with van der Waals surface area (Å²) in [4.78, 5) is 32.1. The molecule has 3 aliphatic rings. The zero-order valence-corrected chi connectivity index (χ0v) is 50.4. The van der Waals surface area contributed by atoms with Crippen molar-refractivity contribution in [2.24, 2.45) is 0 Å². The maximum Gasteiger partial charge on any atom is 0.573 e. The highest BCUT2D eigenvalue weighted by Gasteiger charge is 2.35. The van der Waals surface area contributed by atoms with Crippen molar-refractivity contribution in [2.45, 2.75) is 62.3 Å². The highest BCUT2D eigenvalue weighted by atomic mass is 32.1. The Kier molecular flexibility index (Phi) is 21.8. The smallest absolute Gasteiger partial charge is 0.497 e. The minimum absolute atomic E-state index is 0.0658. The fourth-order valence-corrected chi connectivity index (χ4v) is 11.4. The molecule has 2 amide bonds. The normalized spacial score (nSPS) is 17.0. The largest absolute Gasteiger partial charge is 0.573 e. The van der Waals surface area contributed by atoms with Gasteiger partial charge in [-0.05, 0) is 91.1 Å². The van der Waals surface area contributed by atoms with Crippen molar-refractivity contribution in [1.82, 2.24) is 61.2 Å². The number of carbonyl (C=O) groups excluding carboxylic acids is 2. The molecule has 38 heteroatoms. The summed E-state index contributed by atoms with van der Waals surface area (Å²) in [6.07, 6.45) is -4.69. The SMILES string of the molecule is COc1cc(OC(F)(F)F)cc([C@@H](OC)C(=O)Nc2nnc(N[C@@H]3CCN(c4cccnn4)C3)s2)c1.COc1cc(OC(F)(F)F)cc([C@H](OC)C(=O)Nc2nnc(N[C@@H]3CCN(c4cccnn4)C3)s2)c1.Nc1nnc(N[C@@H]2CCN(c3cccnn3)C2)s1. The number of methoxy groups -OCH3 is 4. The quantitative estimate of drug-likeness (QED) is 0.0390. The van der Waals surface area contributed by atoms with Gasteiger partial charge in [-0.3, -0.25) is 20.2 Å². The van der Waals surface area contributed by atoms with E-state index in [9.17, 15) is 35.9 Å². The summed E-state index contributed by atoms with van der Waals surface area (Å²) in [5, 5.41) is 65.6. The number of alkyl halides is 6. The molecule has 0 radical (unpaired) electrons. The lowest BCUT2D eigenvalue weighted by Crippen LogP contribution is -2.26. The second-order valence-corrected chi connectivity index (χ2v) is 22.4. The van der Waals surface area contributed by atoms with Gasteiger partial charge in [0.15, 0.2) is 29.7 Å². The zero-order valence-electron chi connectivity index (χ0n) is 48.0. The van der Waals surface area contributed by atoms with Crippen LogP contribution in [0.1, 0.15) is 42.6 Å². The van der Waals surface area contributed by atoms with Crippen molar-refractivity contribution in [3.05, 3.63) is 103 Å². The van der Waals surface area contributed by atoms with Gasteiger partial charge in [0.2, 0.25) is 30.8 Å². The molecule has 3 aliphatic heterocycles. The van der Waals surface area contributed by atoms with Gasteiger partial charge in [-0.1, -0.05) is 34.0 Å². The Morgan fingerprint density at radius 1 is 0.500 bits per heavy atom. The minimum atomic E-state index is -4.91. The number of nitrogens with one attached hydrogen (secondary N) is 5. The summed E-state index contributed by atoms with van der Waals surface area (Å²) < 4.78 is 105. The molecule has 0 spiro atoms. The highest BCUT2D eigenvalue weighted by molar-refractivity contribution is 7.19. The number of anilines is 9. The van der Waals surface area contributed by atoms with Crippen molar-refractivity contribution in [1.29, 1.82) is 0 Å². The molecule has 90 heavy (non-hydrogen) atoms. The van der Waals surface area contributed by atoms with E-state index < -0.39 is 48.2 Å². The standard InChI is InChI=1S/2C21H22F3N7O4S.C10H13N7S/c2*1-33-14-8-12(9-15(10-14)35-21(22,23)24)17(34-2)18(32)27-20-30-29-19(36-20)26-13-5-7-31(11-13)16-4-3-6-25-28-16;11-9-15-16-10(18-9)13-7-3-5-17(6-7)8-2-1-4-12-14-8/h2*3-4,6,8-10,13,17H,5,7,11H2,1-2H3,(H,26,29)(H,27,30,32);1-2,4,7H,3,5-6H2,(H2,11,15)(H,13,16)/t13-,17+;13-,17-;7-/m111/s1. The molecule has 3 fully saturated rings. The number of benzene rings is 2. The van der Waals surface area contributed by atoms with Crippen LogP contribution in [0.3, 0.4) is 0 Å². The van der Waals surface area contributed by atoms with Crippen LogP contribution in [0.15, 0.2) is 91.4 Å². The van der Waals surface area contributed by atoms with Gasteiger partial charge in [-0.15, -0.1) is 72.2 Å². The summed E-state index contributed by atoms with van der Waals surface area (Å²) in [5.41, 5.74) is 5.75. The van der Waals surface area contributed by atoms with Crippen molar-refractivity contribution >= 4 is 94.1 Å². The molecule has 9 heterocycles. The number of amides is 2. The number of nitrogen functional groups attached to an aromatic ring is 1. The number of halogens is 6. The number of aromatic nitrogens is 12. The van der Waals surface area contributed by atoms with Gasteiger partial charge < -0.3 is 64.8 Å². The zero-order chi connectivity index (χ0) is 63.8. The second-order valence-electron chi connectivity index (χ2n) is 19.4. The third-order valence-corrected chi connectivity index (χ3v) is 15.5. The first-order chi connectivity index (χ1) is 43.3. The van der Waals surface area contributed by atoms with Crippen molar-refractivity contribution in [3.8, 4) is 23.0 Å². The van der Waals surface area contributed by atoms with Crippen molar-refractivity contribution < 1.29 is 64.4 Å². The van der Waals surface area contributed by atoms with Crippen molar-refractivity contribution in [3.63, 3.8) is 0 Å². The van der Waals surface area contributed by atoms with Crippen LogP contribution in [0.4, 0.5) is 74.6 Å². The predicted molar refractivity (Wildman–Crippen MR) is 319 cm³/mol. The predicted octanol–water partition coefficient (Wildman–Crippen LogP) is 7.11. The lowest BCUT2D eigenvalue weighted by atomic mass is 10.1. The Balaban J connectivity index is 0.000000169. The minimum Gasteiger partial charge on any atom is -0.497 e. The summed E-state index contributed by atoms with van der Waals surface area (Å²) in [6, 6.07) is 18.8. The third kappa shape index (κ3) is 18.8. The van der Waals surface area contributed by atoms with Crippen molar-refractivity contribution in [2.75, 3.05) is 115 Å². The molecular formula is C52H57F6N21O8S3. The van der Waals surface area contributed by atoms with E-state index in [0.717, 1.165) is 115 Å². The summed E-state index contributed by atoms with van der Waals surface area (Å²) in [7, 11) is 5.07. The van der Waals surface area contributed by atoms with Gasteiger partial charge in [0.25, 0.3) is 11.8 Å². The molecule has 0 saturated carbocycles. The molecule has 2 aromatic carbocycles. The fourth-order valence-electron chi connectivity index (χ4n) is 9.37. The molecule has 478 valence electrons. The number of ether oxygens (including phenoxy) is 6. The Morgan fingerprint density at radius 2 is 0.844 bits per heavy atom. The first kappa shape index (κ1) is 65.1. The van der Waals surface area contributed by atoms with E-state index in [0.29, 0.717) is 34.5 Å². The van der Waals surface area contributed by atoms with Gasteiger partial charge in [0.05, 0.1) is 14.2 Å². The topological polar surface area (TPSA) is 340 Å². The molecule has 0 aliphatic carbocycles. The maximum absolute atomic E-state index is 12.9. The molecule has 29 nitrogen and oxygen atoms in total. The Hall–Kier alpha value is -9.40. The molecule has 5 atom stereocenters. The monoisotopic (exact) mass is 1310 g/mol. The van der Waals surface area contributed by atoms with E-state index in [1.165, 1.54) is 51.9 Å². The number of hydrogen-bond donors (Lipinski definition) is 6. The van der Waals surface area contributed by atoms with E-state index in [1.807, 2.05) is 36.4 Å². The number of nitrogens with two attached hydrogens (primary N) is 1. The third-order valence-electron chi connectivity index (χ3n) is 13.2. The Morgan fingerprint density at radius 3 is 1.16 bits per heavy atom. The van der Waals surface area contributed by atoms with E-state index in [-0.39, 0.29) is 45.0 Å². The van der Waals surface area contributed by atoms with E-state index in [1.54, 1.807) is 18.6 Å². The number of nitrogens with zero attached hydrogens (tertiary/aromatic N) is 15. The molecule has 11 rings (SSSR count). The van der Waals surface area contributed by atoms with Gasteiger partial charge in [0.1, 0.15) is 23.0 Å². The van der Waals surface area contributed by atoms with Crippen LogP contribution in [0, 0.1) is 0 Å². The number of hydrogen-bond acceptors (Lipinski definition) is 30. The maximum atomic E-state index is 12.9. The van der Waals surface area contributed by atoms with Crippen LogP contribution < -0.4 is 66.0 Å². The molecule has 6 aromatic heterocycles. The van der Waals surface area contributed by atoms with Gasteiger partial charge in [-0.2, -0.15) is 15.3 Å². The second kappa shape index (κ2) is 30.2. The number of rotatable bonds is 21. The van der Waals surface area contributed by atoms with E-state index >= 15 is 0 Å². The summed E-state index contributed by atoms with van der Waals surface area (Å²) >= 11 is 3.61. The van der Waals surface area contributed by atoms with Crippen LogP contribution in [0.25, 0.3) is 0 Å². The molecule has 0 bridgehead atoms. The van der Waals surface area contributed by atoms with Gasteiger partial charge in [0, 0.05) is 102 Å². The molecule has 0 unspecified atom stereocenters. The molecule has 8 aromatic rings. The summed E-state index contributed by atoms with van der Waals surface area (Å²) in [6.45, 7) is 4.85. The molecular weight excluding hydrogens is 1260 g/mol. The highest BCUT2D eigenvalue weighted by Crippen LogP contribution is 2.36. The first-order valence-electron chi connectivity index (χ1n) is 27.0. The number of carbonyl (C=O) groups is 2.